The maximum Gasteiger partial charge on any atom is 0.410 e. The van der Waals surface area contributed by atoms with Crippen LogP contribution in [0.15, 0.2) is 60.8 Å². The third-order valence-corrected chi connectivity index (χ3v) is 6.12. The third kappa shape index (κ3) is 4.64. The summed E-state index contributed by atoms with van der Waals surface area (Å²) in [6, 6.07) is 16.9. The van der Waals surface area contributed by atoms with Gasteiger partial charge in [-0.3, -0.25) is 4.79 Å². The number of likely N-dealkylation sites (tertiary alicyclic amines) is 1. The number of H-pyrrole nitrogens is 1. The van der Waals surface area contributed by atoms with Crippen LogP contribution in [0.25, 0.3) is 16.9 Å². The van der Waals surface area contributed by atoms with E-state index in [4.69, 9.17) is 15.2 Å². The number of nitrogens with one attached hydrogen (secondary N) is 1. The number of nitrogens with zero attached hydrogens (tertiary/aromatic N) is 3. The summed E-state index contributed by atoms with van der Waals surface area (Å²) in [5.74, 6) is 0.889. The second-order valence-corrected chi connectivity index (χ2v) is 9.92. The van der Waals surface area contributed by atoms with Crippen LogP contribution in [0, 0.1) is 0 Å². The van der Waals surface area contributed by atoms with Gasteiger partial charge in [-0.15, -0.1) is 0 Å². The summed E-state index contributed by atoms with van der Waals surface area (Å²) in [6.45, 7) is 6.67. The van der Waals surface area contributed by atoms with Crippen LogP contribution in [0.5, 0.6) is 11.5 Å². The molecular formula is C27H29N5O4. The van der Waals surface area contributed by atoms with E-state index in [9.17, 15) is 9.59 Å². The first-order valence-electron chi connectivity index (χ1n) is 11.9. The molecule has 3 N–H and O–H groups in total. The number of aromatic nitrogens is 3. The van der Waals surface area contributed by atoms with Crippen LogP contribution >= 0.6 is 0 Å². The molecule has 1 saturated heterocycles. The van der Waals surface area contributed by atoms with Crippen molar-refractivity contribution in [2.24, 2.45) is 5.73 Å². The average molecular weight is 488 g/mol. The molecule has 1 unspecified atom stereocenters. The molecule has 0 radical (unpaired) electrons. The van der Waals surface area contributed by atoms with Gasteiger partial charge in [-0.1, -0.05) is 18.2 Å². The fraction of sp³-hybridized carbons (Fsp3) is 0.296. The Morgan fingerprint density at radius 1 is 1.06 bits per heavy atom. The molecule has 5 rings (SSSR count). The molecule has 36 heavy (non-hydrogen) atoms. The smallest absolute Gasteiger partial charge is 0.410 e. The molecule has 1 aliphatic rings. The van der Waals surface area contributed by atoms with E-state index in [1.54, 1.807) is 15.6 Å². The van der Waals surface area contributed by atoms with Crippen molar-refractivity contribution >= 4 is 17.6 Å². The highest BCUT2D eigenvalue weighted by Gasteiger charge is 2.33. The van der Waals surface area contributed by atoms with Gasteiger partial charge >= 0.3 is 6.09 Å². The molecule has 186 valence electrons. The first-order valence-corrected chi connectivity index (χ1v) is 11.9. The number of para-hydroxylation sites is 1. The Bertz CT molecular complexity index is 1400. The number of primary amides is 1. The van der Waals surface area contributed by atoms with Gasteiger partial charge in [0.25, 0.3) is 5.91 Å². The Morgan fingerprint density at radius 2 is 1.75 bits per heavy atom. The van der Waals surface area contributed by atoms with Gasteiger partial charge in [-0.25, -0.2) is 9.31 Å². The maximum absolute atomic E-state index is 12.5. The molecule has 0 saturated carbocycles. The van der Waals surface area contributed by atoms with Gasteiger partial charge in [0, 0.05) is 30.1 Å². The monoisotopic (exact) mass is 487 g/mol. The third-order valence-electron chi connectivity index (χ3n) is 6.12. The van der Waals surface area contributed by atoms with E-state index in [1.165, 1.54) is 0 Å². The highest BCUT2D eigenvalue weighted by Crippen LogP contribution is 2.34. The number of amides is 2. The summed E-state index contributed by atoms with van der Waals surface area (Å²) >= 11 is 0. The molecule has 0 spiro atoms. The van der Waals surface area contributed by atoms with Crippen LogP contribution in [-0.2, 0) is 4.74 Å². The number of hydrogen-bond acceptors (Lipinski definition) is 5. The van der Waals surface area contributed by atoms with E-state index in [-0.39, 0.29) is 17.7 Å². The maximum atomic E-state index is 12.5. The molecule has 1 atom stereocenters. The number of ether oxygens (including phenoxy) is 2. The number of imidazole rings is 1. The molecule has 0 bridgehead atoms. The number of hydrogen-bond donors (Lipinski definition) is 2. The van der Waals surface area contributed by atoms with Crippen LogP contribution in [0.3, 0.4) is 0 Å². The van der Waals surface area contributed by atoms with Crippen molar-refractivity contribution in [2.75, 3.05) is 13.1 Å². The average Bonchev–Trinajstić information content (AvgIpc) is 3.54. The number of rotatable bonds is 5. The summed E-state index contributed by atoms with van der Waals surface area (Å²) in [5.41, 5.74) is 8.47. The molecule has 2 aromatic carbocycles. The fourth-order valence-electron chi connectivity index (χ4n) is 4.50. The fourth-order valence-corrected chi connectivity index (χ4v) is 4.50. The highest BCUT2D eigenvalue weighted by atomic mass is 16.6. The number of benzene rings is 2. The van der Waals surface area contributed by atoms with E-state index >= 15 is 0 Å². The Balaban J connectivity index is 1.41. The van der Waals surface area contributed by atoms with E-state index in [0.29, 0.717) is 30.2 Å². The van der Waals surface area contributed by atoms with Gasteiger partial charge in [-0.2, -0.15) is 5.10 Å². The number of carbonyl (C=O) groups is 2. The van der Waals surface area contributed by atoms with Gasteiger partial charge < -0.3 is 25.1 Å². The number of fused-ring (bicyclic) bond motifs is 1. The van der Waals surface area contributed by atoms with E-state index in [1.807, 2.05) is 75.4 Å². The summed E-state index contributed by atoms with van der Waals surface area (Å²) in [7, 11) is 0. The number of carbonyl (C=O) groups excluding carboxylic acids is 2. The van der Waals surface area contributed by atoms with Crippen molar-refractivity contribution in [3.63, 3.8) is 0 Å². The SMILES string of the molecule is CC(C)(C)OC(=O)N1CCC(c2cnn3c(C(N)=O)c(-c4ccc(Oc5ccccc5)cc4)[nH]c23)C1. The predicted octanol–water partition coefficient (Wildman–Crippen LogP) is 4.95. The minimum Gasteiger partial charge on any atom is -0.457 e. The molecule has 0 aliphatic carbocycles. The molecule has 9 heteroatoms. The van der Waals surface area contributed by atoms with Crippen molar-refractivity contribution in [1.82, 2.24) is 19.5 Å². The zero-order chi connectivity index (χ0) is 25.4. The highest BCUT2D eigenvalue weighted by molar-refractivity contribution is 5.98. The lowest BCUT2D eigenvalue weighted by atomic mass is 10.0. The first-order chi connectivity index (χ1) is 17.2. The quantitative estimate of drug-likeness (QED) is 0.414. The lowest BCUT2D eigenvalue weighted by molar-refractivity contribution is 0.0292. The molecule has 4 aromatic rings. The van der Waals surface area contributed by atoms with Crippen LogP contribution < -0.4 is 10.5 Å². The normalized spacial score (nSPS) is 15.9. The topological polar surface area (TPSA) is 115 Å². The lowest BCUT2D eigenvalue weighted by Crippen LogP contribution is -2.35. The van der Waals surface area contributed by atoms with Crippen molar-refractivity contribution in [2.45, 2.75) is 38.7 Å². The first kappa shape index (κ1) is 23.5. The Morgan fingerprint density at radius 3 is 2.42 bits per heavy atom. The molecule has 2 amide bonds. The minimum atomic E-state index is -0.586. The van der Waals surface area contributed by atoms with Crippen LogP contribution in [-0.4, -0.2) is 50.2 Å². The second-order valence-electron chi connectivity index (χ2n) is 9.92. The van der Waals surface area contributed by atoms with Crippen molar-refractivity contribution in [1.29, 1.82) is 0 Å². The summed E-state index contributed by atoms with van der Waals surface area (Å²) < 4.78 is 12.9. The minimum absolute atomic E-state index is 0.0592. The lowest BCUT2D eigenvalue weighted by Gasteiger charge is -2.24. The van der Waals surface area contributed by atoms with E-state index in [2.05, 4.69) is 10.1 Å². The standard InChI is InChI=1S/C27H29N5O4/c1-27(2,3)36-26(34)31-14-13-18(16-31)21-15-29-32-23(24(28)33)22(30-25(21)32)17-9-11-20(12-10-17)35-19-7-5-4-6-8-19/h4-12,15,18,30H,13-14,16H2,1-3H3,(H2,28,33). The summed E-state index contributed by atoms with van der Waals surface area (Å²) in [6.07, 6.45) is 2.19. The Kier molecular flexibility index (Phi) is 5.91. The molecule has 3 heterocycles. The van der Waals surface area contributed by atoms with Gasteiger partial charge in [0.2, 0.25) is 0 Å². The number of nitrogens with two attached hydrogens (primary N) is 1. The Hall–Kier alpha value is -4.27. The van der Waals surface area contributed by atoms with Crippen molar-refractivity contribution < 1.29 is 19.1 Å². The van der Waals surface area contributed by atoms with Gasteiger partial charge in [0.05, 0.1) is 11.9 Å². The van der Waals surface area contributed by atoms with E-state index in [0.717, 1.165) is 23.3 Å². The van der Waals surface area contributed by atoms with Gasteiger partial charge in [0.1, 0.15) is 22.7 Å². The van der Waals surface area contributed by atoms with Crippen molar-refractivity contribution in [3.8, 4) is 22.8 Å². The van der Waals surface area contributed by atoms with Crippen LogP contribution in [0.2, 0.25) is 0 Å². The number of aromatic amines is 1. The van der Waals surface area contributed by atoms with Gasteiger partial charge in [0.15, 0.2) is 5.69 Å². The van der Waals surface area contributed by atoms with Crippen LogP contribution in [0.4, 0.5) is 4.79 Å². The predicted molar refractivity (Wildman–Crippen MR) is 135 cm³/mol. The molecule has 2 aromatic heterocycles. The largest absolute Gasteiger partial charge is 0.457 e. The summed E-state index contributed by atoms with van der Waals surface area (Å²) in [4.78, 5) is 30.0. The van der Waals surface area contributed by atoms with Gasteiger partial charge in [-0.05, 0) is 63.6 Å². The molecule has 9 nitrogen and oxygen atoms in total. The summed E-state index contributed by atoms with van der Waals surface area (Å²) in [5, 5.41) is 4.46. The van der Waals surface area contributed by atoms with Crippen molar-refractivity contribution in [3.05, 3.63) is 72.1 Å². The Labute approximate surface area is 208 Å². The zero-order valence-electron chi connectivity index (χ0n) is 20.5. The second kappa shape index (κ2) is 9.07. The molecule has 1 aliphatic heterocycles. The van der Waals surface area contributed by atoms with Crippen LogP contribution in [0.1, 0.15) is 49.2 Å². The molecular weight excluding hydrogens is 458 g/mol. The zero-order valence-corrected chi connectivity index (χ0v) is 20.5. The van der Waals surface area contributed by atoms with E-state index < -0.39 is 11.5 Å². The molecule has 1 fully saturated rings.